The van der Waals surface area contributed by atoms with E-state index in [9.17, 15) is 13.9 Å². The number of hydrogen-bond acceptors (Lipinski definition) is 7. The number of aliphatic hydroxyl groups is 1. The van der Waals surface area contributed by atoms with Crippen molar-refractivity contribution in [2.24, 2.45) is 0 Å². The van der Waals surface area contributed by atoms with Crippen LogP contribution in [0.2, 0.25) is 0 Å². The minimum atomic E-state index is -1.70. The van der Waals surface area contributed by atoms with Gasteiger partial charge >= 0.3 is 0 Å². The molecule has 0 fully saturated rings. The Balaban J connectivity index is 1.70. The molecule has 0 aliphatic carbocycles. The third-order valence-electron chi connectivity index (χ3n) is 4.73. The van der Waals surface area contributed by atoms with E-state index in [1.54, 1.807) is 6.92 Å². The first-order valence-electron chi connectivity index (χ1n) is 9.02. The molecular formula is C20H17F2N5OS2. The van der Waals surface area contributed by atoms with Crippen molar-refractivity contribution < 1.29 is 13.9 Å². The summed E-state index contributed by atoms with van der Waals surface area (Å²) in [6.45, 7) is 1.72. The molecule has 0 amide bonds. The fraction of sp³-hybridized carbons (Fsp3) is 0.200. The van der Waals surface area contributed by atoms with Gasteiger partial charge in [0.1, 0.15) is 39.8 Å². The Bertz CT molecular complexity index is 1120. The second kappa shape index (κ2) is 8.58. The summed E-state index contributed by atoms with van der Waals surface area (Å²) >= 11 is 2.53. The maximum absolute atomic E-state index is 14.7. The Morgan fingerprint density at radius 2 is 2.00 bits per heavy atom. The Morgan fingerprint density at radius 1 is 1.20 bits per heavy atom. The van der Waals surface area contributed by atoms with Crippen LogP contribution in [0.3, 0.4) is 0 Å². The zero-order valence-corrected chi connectivity index (χ0v) is 17.4. The van der Waals surface area contributed by atoms with Gasteiger partial charge in [0, 0.05) is 22.4 Å². The van der Waals surface area contributed by atoms with Crippen molar-refractivity contribution in [2.75, 3.05) is 0 Å². The maximum atomic E-state index is 14.7. The first-order chi connectivity index (χ1) is 14.5. The van der Waals surface area contributed by atoms with Gasteiger partial charge in [-0.2, -0.15) is 5.10 Å². The van der Waals surface area contributed by atoms with Gasteiger partial charge in [0.05, 0.1) is 6.54 Å². The number of nitrogens with zero attached hydrogens (tertiary/aromatic N) is 5. The van der Waals surface area contributed by atoms with Crippen molar-refractivity contribution in [3.63, 3.8) is 0 Å². The van der Waals surface area contributed by atoms with Crippen LogP contribution < -0.4 is 0 Å². The summed E-state index contributed by atoms with van der Waals surface area (Å²) < 4.78 is 34.4. The number of rotatable bonds is 7. The lowest BCUT2D eigenvalue weighted by atomic mass is 9.90. The van der Waals surface area contributed by atoms with Crippen molar-refractivity contribution in [2.45, 2.75) is 28.5 Å². The van der Waals surface area contributed by atoms with Crippen molar-refractivity contribution in [3.05, 3.63) is 78.4 Å². The van der Waals surface area contributed by atoms with Gasteiger partial charge in [0.2, 0.25) is 0 Å². The molecule has 154 valence electrons. The average molecular weight is 446 g/mol. The van der Waals surface area contributed by atoms with Gasteiger partial charge in [-0.3, -0.25) is 0 Å². The lowest BCUT2D eigenvalue weighted by Crippen LogP contribution is -2.41. The highest BCUT2D eigenvalue weighted by atomic mass is 32.2. The summed E-state index contributed by atoms with van der Waals surface area (Å²) in [6, 6.07) is 12.7. The van der Waals surface area contributed by atoms with Crippen LogP contribution >= 0.6 is 23.3 Å². The molecule has 0 spiro atoms. The summed E-state index contributed by atoms with van der Waals surface area (Å²) in [5.74, 6) is -1.53. The highest BCUT2D eigenvalue weighted by Crippen LogP contribution is 2.43. The third-order valence-corrected chi connectivity index (χ3v) is 6.91. The molecule has 0 saturated heterocycles. The van der Waals surface area contributed by atoms with E-state index in [2.05, 4.69) is 19.7 Å². The smallest absolute Gasteiger partial charge is 0.137 e. The van der Waals surface area contributed by atoms with E-state index in [4.69, 9.17) is 0 Å². The van der Waals surface area contributed by atoms with Crippen LogP contribution in [0.25, 0.3) is 11.3 Å². The molecule has 2 aromatic heterocycles. The lowest BCUT2D eigenvalue weighted by Gasteiger charge is -2.34. The summed E-state index contributed by atoms with van der Waals surface area (Å²) in [7, 11) is 0. The van der Waals surface area contributed by atoms with Crippen LogP contribution in [-0.2, 0) is 12.1 Å². The molecule has 0 saturated carbocycles. The predicted molar refractivity (Wildman–Crippen MR) is 111 cm³/mol. The minimum Gasteiger partial charge on any atom is -0.382 e. The van der Waals surface area contributed by atoms with E-state index >= 15 is 0 Å². The molecule has 10 heteroatoms. The van der Waals surface area contributed by atoms with Crippen molar-refractivity contribution in [1.82, 2.24) is 24.4 Å². The van der Waals surface area contributed by atoms with Gasteiger partial charge in [-0.05, 0) is 24.5 Å². The Morgan fingerprint density at radius 3 is 2.70 bits per heavy atom. The SMILES string of the molecule is CC(Sc1snnc1-c1ccccc1)C(O)(Cn1cncn1)c1ccc(F)cc1F. The number of hydrogen-bond donors (Lipinski definition) is 1. The topological polar surface area (TPSA) is 76.7 Å². The number of aromatic nitrogens is 5. The van der Waals surface area contributed by atoms with Crippen LogP contribution in [0.15, 0.2) is 65.4 Å². The lowest BCUT2D eigenvalue weighted by molar-refractivity contribution is 0.0133. The molecule has 2 atom stereocenters. The average Bonchev–Trinajstić information content (AvgIpc) is 3.40. The van der Waals surface area contributed by atoms with Gasteiger partial charge in [0.15, 0.2) is 0 Å². The number of thioether (sulfide) groups is 1. The van der Waals surface area contributed by atoms with Crippen LogP contribution in [0, 0.1) is 11.6 Å². The monoisotopic (exact) mass is 445 g/mol. The second-order valence-electron chi connectivity index (χ2n) is 6.68. The van der Waals surface area contributed by atoms with Crippen LogP contribution in [0.5, 0.6) is 0 Å². The predicted octanol–water partition coefficient (Wildman–Crippen LogP) is 4.14. The van der Waals surface area contributed by atoms with E-state index in [1.165, 1.54) is 46.7 Å². The quantitative estimate of drug-likeness (QED) is 0.431. The molecular weight excluding hydrogens is 428 g/mol. The van der Waals surface area contributed by atoms with Crippen LogP contribution in [-0.4, -0.2) is 34.7 Å². The number of benzene rings is 2. The van der Waals surface area contributed by atoms with Gasteiger partial charge in [-0.25, -0.2) is 18.4 Å². The van der Waals surface area contributed by atoms with E-state index in [1.807, 2.05) is 30.3 Å². The first-order valence-corrected chi connectivity index (χ1v) is 10.7. The van der Waals surface area contributed by atoms with Gasteiger partial charge in [-0.1, -0.05) is 40.9 Å². The maximum Gasteiger partial charge on any atom is 0.137 e. The van der Waals surface area contributed by atoms with E-state index in [0.29, 0.717) is 5.69 Å². The molecule has 0 aliphatic rings. The van der Waals surface area contributed by atoms with Crippen molar-refractivity contribution in [3.8, 4) is 11.3 Å². The third kappa shape index (κ3) is 4.11. The Kier molecular flexibility index (Phi) is 5.89. The van der Waals surface area contributed by atoms with Gasteiger partial charge < -0.3 is 5.11 Å². The molecule has 2 aromatic carbocycles. The Labute approximate surface area is 179 Å². The molecule has 4 aromatic rings. The highest BCUT2D eigenvalue weighted by molar-refractivity contribution is 8.01. The molecule has 2 unspecified atom stereocenters. The fourth-order valence-electron chi connectivity index (χ4n) is 3.12. The number of halogens is 2. The van der Waals surface area contributed by atoms with E-state index < -0.39 is 22.5 Å². The van der Waals surface area contributed by atoms with E-state index in [0.717, 1.165) is 21.9 Å². The zero-order chi connectivity index (χ0) is 21.1. The fourth-order valence-corrected chi connectivity index (χ4v) is 5.26. The Hall–Kier alpha value is -2.69. The first kappa shape index (κ1) is 20.6. The standard InChI is InChI=1S/C20H17F2N5OS2/c1-13(29-19-18(25-26-30-19)14-5-3-2-4-6-14)20(28,10-27-12-23-11-24-27)16-8-7-15(21)9-17(16)22/h2-9,11-13,28H,10H2,1H3. The van der Waals surface area contributed by atoms with Gasteiger partial charge in [-0.15, -0.1) is 16.9 Å². The molecule has 2 heterocycles. The van der Waals surface area contributed by atoms with Crippen LogP contribution in [0.4, 0.5) is 8.78 Å². The van der Waals surface area contributed by atoms with Crippen LogP contribution in [0.1, 0.15) is 12.5 Å². The highest BCUT2D eigenvalue weighted by Gasteiger charge is 2.40. The summed E-state index contributed by atoms with van der Waals surface area (Å²) in [5, 5.41) is 19.3. The molecule has 0 bridgehead atoms. The molecule has 0 radical (unpaired) electrons. The summed E-state index contributed by atoms with van der Waals surface area (Å²) in [6.07, 6.45) is 2.77. The zero-order valence-electron chi connectivity index (χ0n) is 15.8. The largest absolute Gasteiger partial charge is 0.382 e. The summed E-state index contributed by atoms with van der Waals surface area (Å²) in [4.78, 5) is 3.89. The van der Waals surface area contributed by atoms with E-state index in [-0.39, 0.29) is 12.1 Å². The van der Waals surface area contributed by atoms with Crippen molar-refractivity contribution in [1.29, 1.82) is 0 Å². The molecule has 6 nitrogen and oxygen atoms in total. The minimum absolute atomic E-state index is 0.0156. The second-order valence-corrected chi connectivity index (χ2v) is 9.04. The molecule has 1 N–H and O–H groups in total. The summed E-state index contributed by atoms with van der Waals surface area (Å²) in [5.41, 5.74) is -0.124. The normalized spacial score (nSPS) is 14.4. The molecule has 4 rings (SSSR count). The van der Waals surface area contributed by atoms with Crippen molar-refractivity contribution >= 4 is 23.3 Å². The van der Waals surface area contributed by atoms with Gasteiger partial charge in [0.25, 0.3) is 0 Å². The molecule has 30 heavy (non-hydrogen) atoms. The molecule has 0 aliphatic heterocycles.